The van der Waals surface area contributed by atoms with Crippen LogP contribution in [0.15, 0.2) is 73.2 Å². The number of benzene rings is 2. The molecule has 1 saturated heterocycles. The number of carboxylic acids is 3. The van der Waals surface area contributed by atoms with Crippen LogP contribution in [0.1, 0.15) is 41.7 Å². The monoisotopic (exact) mass is 703 g/mol. The number of rotatable bonds is 13. The van der Waals surface area contributed by atoms with Crippen molar-refractivity contribution in [2.45, 2.75) is 37.7 Å². The van der Waals surface area contributed by atoms with Gasteiger partial charge in [-0.3, -0.25) is 33.7 Å². The second-order valence-electron chi connectivity index (χ2n) is 12.2. The number of carbonyl (C=O) groups is 5. The molecule has 270 valence electrons. The molecular weight excluding hydrogens is 662 g/mol. The zero-order valence-corrected chi connectivity index (χ0v) is 28.3. The Morgan fingerprint density at radius 3 is 2.10 bits per heavy atom. The molecule has 4 aromatic rings. The van der Waals surface area contributed by atoms with Crippen LogP contribution in [-0.2, 0) is 32.6 Å². The smallest absolute Gasteiger partial charge is 0.336 e. The lowest BCUT2D eigenvalue weighted by Gasteiger charge is -2.32. The summed E-state index contributed by atoms with van der Waals surface area (Å²) in [5.41, 5.74) is 1.40. The van der Waals surface area contributed by atoms with Gasteiger partial charge < -0.3 is 30.2 Å². The molecule has 1 aliphatic heterocycles. The maximum Gasteiger partial charge on any atom is 0.336 e. The number of aryl methyl sites for hydroxylation is 2. The van der Waals surface area contributed by atoms with E-state index in [-0.39, 0.29) is 11.8 Å². The number of carboxylic acid groups (broad SMARTS) is 3. The summed E-state index contributed by atoms with van der Waals surface area (Å²) < 4.78 is 3.62. The quantitative estimate of drug-likeness (QED) is 0.136. The van der Waals surface area contributed by atoms with Crippen molar-refractivity contribution in [2.75, 3.05) is 38.5 Å². The van der Waals surface area contributed by atoms with Crippen molar-refractivity contribution >= 4 is 35.7 Å². The minimum Gasteiger partial charge on any atom is -0.481 e. The van der Waals surface area contributed by atoms with E-state index in [0.717, 1.165) is 48.7 Å². The molecule has 2 amide bonds. The summed E-state index contributed by atoms with van der Waals surface area (Å²) in [6.45, 7) is 3.41. The van der Waals surface area contributed by atoms with E-state index >= 15 is 0 Å². The number of nitrogens with one attached hydrogen (secondary N) is 1. The summed E-state index contributed by atoms with van der Waals surface area (Å²) in [6.07, 6.45) is 5.20. The highest BCUT2D eigenvalue weighted by atomic mass is 16.4. The van der Waals surface area contributed by atoms with Crippen molar-refractivity contribution in [2.24, 2.45) is 7.05 Å². The van der Waals surface area contributed by atoms with Crippen molar-refractivity contribution in [3.05, 3.63) is 84.4 Å². The number of piperazine rings is 1. The van der Waals surface area contributed by atoms with E-state index < -0.39 is 36.4 Å². The van der Waals surface area contributed by atoms with E-state index in [0.29, 0.717) is 30.8 Å². The molecule has 0 bridgehead atoms. The Kier molecular flexibility index (Phi) is 12.8. The first-order chi connectivity index (χ1) is 24.2. The molecular formula is C35H41N7O9. The van der Waals surface area contributed by atoms with Crippen LogP contribution in [0.2, 0.25) is 0 Å². The van der Waals surface area contributed by atoms with Gasteiger partial charge in [0.15, 0.2) is 5.60 Å². The summed E-state index contributed by atoms with van der Waals surface area (Å²) in [5.74, 6) is -4.61. The maximum atomic E-state index is 13.3. The summed E-state index contributed by atoms with van der Waals surface area (Å²) in [5, 5.41) is 41.0. The number of aromatic nitrogens is 4. The van der Waals surface area contributed by atoms with Crippen LogP contribution in [0.25, 0.3) is 16.8 Å². The third-order valence-electron chi connectivity index (χ3n) is 8.14. The normalized spacial score (nSPS) is 13.2. The predicted molar refractivity (Wildman–Crippen MR) is 184 cm³/mol. The fraction of sp³-hybridized carbons (Fsp3) is 0.343. The van der Waals surface area contributed by atoms with E-state index in [1.165, 1.54) is 0 Å². The Morgan fingerprint density at radius 1 is 0.843 bits per heavy atom. The van der Waals surface area contributed by atoms with Gasteiger partial charge in [0, 0.05) is 68.9 Å². The number of aliphatic hydroxyl groups is 1. The number of carbonyl (C=O) groups excluding carboxylic acids is 2. The Balaban J connectivity index is 0.000000383. The summed E-state index contributed by atoms with van der Waals surface area (Å²) in [6, 6.07) is 17.3. The van der Waals surface area contributed by atoms with Gasteiger partial charge >= 0.3 is 17.9 Å². The highest BCUT2D eigenvalue weighted by Gasteiger charge is 2.40. The van der Waals surface area contributed by atoms with Gasteiger partial charge in [0.25, 0.3) is 5.91 Å². The number of hydrogen-bond donors (Lipinski definition) is 5. The van der Waals surface area contributed by atoms with Crippen molar-refractivity contribution < 1.29 is 44.4 Å². The molecule has 0 saturated carbocycles. The van der Waals surface area contributed by atoms with Gasteiger partial charge in [-0.15, -0.1) is 0 Å². The fourth-order valence-corrected chi connectivity index (χ4v) is 5.36. The molecule has 0 spiro atoms. The molecule has 0 radical (unpaired) electrons. The third-order valence-corrected chi connectivity index (χ3v) is 8.14. The van der Waals surface area contributed by atoms with Crippen LogP contribution < -0.4 is 5.32 Å². The van der Waals surface area contributed by atoms with E-state index in [1.807, 2.05) is 77.4 Å². The summed E-state index contributed by atoms with van der Waals surface area (Å²) in [7, 11) is 3.95. The van der Waals surface area contributed by atoms with Gasteiger partial charge in [-0.05, 0) is 49.7 Å². The molecule has 5 rings (SSSR count). The van der Waals surface area contributed by atoms with Gasteiger partial charge in [-0.2, -0.15) is 5.10 Å². The molecule has 3 heterocycles. The predicted octanol–water partition coefficient (Wildman–Crippen LogP) is 2.37. The molecule has 5 N–H and O–H groups in total. The highest BCUT2D eigenvalue weighted by molar-refractivity contribution is 6.04. The number of imidazole rings is 1. The lowest BCUT2D eigenvalue weighted by atomic mass is 9.96. The number of amides is 2. The van der Waals surface area contributed by atoms with Gasteiger partial charge in [0.05, 0.1) is 24.7 Å². The van der Waals surface area contributed by atoms with Gasteiger partial charge in [0.2, 0.25) is 11.9 Å². The van der Waals surface area contributed by atoms with Crippen LogP contribution >= 0.6 is 0 Å². The number of nitrogens with zero attached hydrogens (tertiary/aromatic N) is 6. The van der Waals surface area contributed by atoms with Crippen LogP contribution in [0.4, 0.5) is 5.95 Å². The van der Waals surface area contributed by atoms with Crippen LogP contribution in [0.3, 0.4) is 0 Å². The fourth-order valence-electron chi connectivity index (χ4n) is 5.36. The molecule has 51 heavy (non-hydrogen) atoms. The van der Waals surface area contributed by atoms with Crippen molar-refractivity contribution in [3.8, 4) is 16.8 Å². The van der Waals surface area contributed by atoms with Crippen molar-refractivity contribution in [1.29, 1.82) is 0 Å². The third kappa shape index (κ3) is 10.8. The Bertz CT molecular complexity index is 1830. The summed E-state index contributed by atoms with van der Waals surface area (Å²) >= 11 is 0. The minimum absolute atomic E-state index is 0.197. The number of aliphatic carboxylic acids is 3. The van der Waals surface area contributed by atoms with Crippen molar-refractivity contribution in [1.82, 2.24) is 29.1 Å². The molecule has 16 nitrogen and oxygen atoms in total. The molecule has 0 atom stereocenters. The number of likely N-dealkylation sites (N-methyl/N-ethyl adjacent to an activating group) is 1. The highest BCUT2D eigenvalue weighted by Crippen LogP contribution is 2.22. The Morgan fingerprint density at radius 2 is 1.51 bits per heavy atom. The molecule has 0 unspecified atom stereocenters. The second-order valence-corrected chi connectivity index (χ2v) is 12.2. The molecule has 2 aromatic heterocycles. The molecule has 2 aromatic carbocycles. The average molecular weight is 704 g/mol. The number of para-hydroxylation sites is 1. The van der Waals surface area contributed by atoms with Crippen LogP contribution in [-0.4, -0.2) is 118 Å². The van der Waals surface area contributed by atoms with E-state index in [9.17, 15) is 24.0 Å². The zero-order chi connectivity index (χ0) is 37.1. The lowest BCUT2D eigenvalue weighted by molar-refractivity contribution is -0.170. The second kappa shape index (κ2) is 17.2. The van der Waals surface area contributed by atoms with E-state index in [2.05, 4.69) is 22.4 Å². The molecule has 1 fully saturated rings. The molecule has 16 heteroatoms. The van der Waals surface area contributed by atoms with Gasteiger partial charge in [-0.1, -0.05) is 30.3 Å². The summed E-state index contributed by atoms with van der Waals surface area (Å²) in [4.78, 5) is 65.3. The number of anilines is 1. The average Bonchev–Trinajstić information content (AvgIpc) is 3.71. The zero-order valence-electron chi connectivity index (χ0n) is 28.3. The first-order valence-electron chi connectivity index (χ1n) is 16.1. The lowest BCUT2D eigenvalue weighted by Crippen LogP contribution is -2.47. The van der Waals surface area contributed by atoms with E-state index in [1.54, 1.807) is 16.9 Å². The maximum absolute atomic E-state index is 13.3. The molecule has 1 aliphatic rings. The first-order valence-corrected chi connectivity index (χ1v) is 16.1. The van der Waals surface area contributed by atoms with E-state index in [4.69, 9.17) is 25.4 Å². The minimum atomic E-state index is -2.74. The molecule has 0 aliphatic carbocycles. The van der Waals surface area contributed by atoms with Crippen LogP contribution in [0.5, 0.6) is 0 Å². The SMILES string of the molecule is CN1CCN(C(=O)CCCc2cn(-c3ccccc3)c(NC(=O)c3cccc(-c4cnn(C)c4)c3)n2)CC1.O=C(O)CC(O)(CC(=O)O)C(=O)O. The Hall–Kier alpha value is -5.87. The Labute approximate surface area is 293 Å². The first kappa shape index (κ1) is 37.9. The number of hydrogen-bond acceptors (Lipinski definition) is 9. The largest absolute Gasteiger partial charge is 0.481 e. The van der Waals surface area contributed by atoms with Crippen LogP contribution in [0, 0.1) is 0 Å². The van der Waals surface area contributed by atoms with Gasteiger partial charge in [-0.25, -0.2) is 9.78 Å². The van der Waals surface area contributed by atoms with Gasteiger partial charge in [0.1, 0.15) is 0 Å². The topological polar surface area (TPSA) is 220 Å². The van der Waals surface area contributed by atoms with Crippen molar-refractivity contribution in [3.63, 3.8) is 0 Å². The standard InChI is InChI=1S/C29H33N7O2.C6H8O7/c1-33-14-16-35(17-15-33)27(37)13-7-10-25-21-36(26-11-4-3-5-12-26)29(31-25)32-28(38)23-9-6-8-22(18-23)24-19-30-34(2)20-24;7-3(8)1-6(13,5(11)12)2-4(9)10/h3-6,8-9,11-12,18-21H,7,10,13-17H2,1-2H3,(H,31,32,38);13H,1-2H2,(H,7,8)(H,9,10)(H,11,12).